The van der Waals surface area contributed by atoms with Gasteiger partial charge in [0.1, 0.15) is 0 Å². The number of imidazole rings is 1. The van der Waals surface area contributed by atoms with E-state index < -0.39 is 0 Å². The van der Waals surface area contributed by atoms with Gasteiger partial charge in [0.2, 0.25) is 5.78 Å². The van der Waals surface area contributed by atoms with E-state index in [9.17, 15) is 4.79 Å². The fraction of sp³-hybridized carbons (Fsp3) is 0.0588. The number of aromatic nitrogens is 2. The summed E-state index contributed by atoms with van der Waals surface area (Å²) in [6.45, 7) is 1.91. The second-order valence-electron chi connectivity index (χ2n) is 4.80. The van der Waals surface area contributed by atoms with E-state index in [1.165, 1.54) is 0 Å². The largest absolute Gasteiger partial charge is 0.335 e. The second-order valence-corrected chi connectivity index (χ2v) is 5.23. The standard InChI is InChI=1S/C17H13ClN2O/c1-11-4-2-3-5-14(11)16(21)17-19-10-15(20-17)12-6-8-13(18)9-7-12/h2-10H,1H3,(H,19,20). The van der Waals surface area contributed by atoms with Crippen LogP contribution in [0.15, 0.2) is 54.7 Å². The number of nitrogens with zero attached hydrogens (tertiary/aromatic N) is 1. The Hall–Kier alpha value is -2.39. The molecule has 0 aliphatic rings. The molecule has 0 saturated heterocycles. The molecule has 4 heteroatoms. The third-order valence-corrected chi connectivity index (χ3v) is 3.59. The van der Waals surface area contributed by atoms with Crippen LogP contribution in [0, 0.1) is 6.92 Å². The Labute approximate surface area is 127 Å². The summed E-state index contributed by atoms with van der Waals surface area (Å²) in [5.41, 5.74) is 3.33. The molecule has 3 aromatic rings. The van der Waals surface area contributed by atoms with Crippen LogP contribution in [0.25, 0.3) is 11.3 Å². The van der Waals surface area contributed by atoms with E-state index in [4.69, 9.17) is 11.6 Å². The van der Waals surface area contributed by atoms with Crippen LogP contribution in [0.2, 0.25) is 5.02 Å². The Morgan fingerprint density at radius 2 is 1.81 bits per heavy atom. The molecule has 0 saturated carbocycles. The Bertz CT molecular complexity index is 791. The van der Waals surface area contributed by atoms with E-state index in [0.717, 1.165) is 16.8 Å². The molecular formula is C17H13ClN2O. The Balaban J connectivity index is 1.93. The normalized spacial score (nSPS) is 10.6. The zero-order valence-electron chi connectivity index (χ0n) is 11.4. The van der Waals surface area contributed by atoms with Crippen molar-refractivity contribution >= 4 is 17.4 Å². The van der Waals surface area contributed by atoms with Crippen molar-refractivity contribution in [2.24, 2.45) is 0 Å². The van der Waals surface area contributed by atoms with Crippen molar-refractivity contribution in [3.63, 3.8) is 0 Å². The summed E-state index contributed by atoms with van der Waals surface area (Å²) in [6, 6.07) is 14.9. The Morgan fingerprint density at radius 3 is 2.52 bits per heavy atom. The number of carbonyl (C=O) groups is 1. The zero-order valence-corrected chi connectivity index (χ0v) is 12.2. The average molecular weight is 297 g/mol. The lowest BCUT2D eigenvalue weighted by molar-refractivity contribution is 0.103. The van der Waals surface area contributed by atoms with E-state index in [-0.39, 0.29) is 5.78 Å². The summed E-state index contributed by atoms with van der Waals surface area (Å²) < 4.78 is 0. The van der Waals surface area contributed by atoms with Crippen molar-refractivity contribution in [3.8, 4) is 11.3 Å². The van der Waals surface area contributed by atoms with Crippen molar-refractivity contribution in [2.75, 3.05) is 0 Å². The highest BCUT2D eigenvalue weighted by atomic mass is 35.5. The number of H-pyrrole nitrogens is 1. The van der Waals surface area contributed by atoms with Crippen molar-refractivity contribution in [1.29, 1.82) is 0 Å². The summed E-state index contributed by atoms with van der Waals surface area (Å²) in [6.07, 6.45) is 1.66. The first kappa shape index (κ1) is 13.6. The van der Waals surface area contributed by atoms with Gasteiger partial charge in [-0.2, -0.15) is 0 Å². The summed E-state index contributed by atoms with van der Waals surface area (Å²) in [5.74, 6) is 0.238. The Morgan fingerprint density at radius 1 is 1.10 bits per heavy atom. The Kier molecular flexibility index (Phi) is 3.59. The predicted octanol–water partition coefficient (Wildman–Crippen LogP) is 4.27. The van der Waals surface area contributed by atoms with Crippen LogP contribution in [-0.4, -0.2) is 15.8 Å². The van der Waals surface area contributed by atoms with Crippen molar-refractivity contribution in [2.45, 2.75) is 6.92 Å². The molecule has 0 spiro atoms. The lowest BCUT2D eigenvalue weighted by Crippen LogP contribution is -2.05. The van der Waals surface area contributed by atoms with Gasteiger partial charge in [0.15, 0.2) is 5.82 Å². The highest BCUT2D eigenvalue weighted by molar-refractivity contribution is 6.30. The first-order valence-corrected chi connectivity index (χ1v) is 6.94. The molecule has 3 rings (SSSR count). The van der Waals surface area contributed by atoms with Crippen LogP contribution in [0.5, 0.6) is 0 Å². The number of benzene rings is 2. The first-order chi connectivity index (χ1) is 10.1. The molecule has 1 heterocycles. The highest BCUT2D eigenvalue weighted by Gasteiger charge is 2.15. The van der Waals surface area contributed by atoms with Crippen LogP contribution in [0.3, 0.4) is 0 Å². The molecule has 0 atom stereocenters. The van der Waals surface area contributed by atoms with Gasteiger partial charge >= 0.3 is 0 Å². The van der Waals surface area contributed by atoms with Gasteiger partial charge in [0.25, 0.3) is 0 Å². The fourth-order valence-electron chi connectivity index (χ4n) is 2.17. The monoisotopic (exact) mass is 296 g/mol. The van der Waals surface area contributed by atoms with Crippen LogP contribution in [0.1, 0.15) is 21.7 Å². The maximum atomic E-state index is 12.5. The third kappa shape index (κ3) is 2.73. The van der Waals surface area contributed by atoms with Gasteiger partial charge in [-0.05, 0) is 30.2 Å². The minimum absolute atomic E-state index is 0.103. The minimum atomic E-state index is -0.103. The predicted molar refractivity (Wildman–Crippen MR) is 83.6 cm³/mol. The number of halogens is 1. The maximum absolute atomic E-state index is 12.5. The molecule has 0 amide bonds. The van der Waals surface area contributed by atoms with Crippen LogP contribution < -0.4 is 0 Å². The van der Waals surface area contributed by atoms with Crippen LogP contribution in [-0.2, 0) is 0 Å². The third-order valence-electron chi connectivity index (χ3n) is 3.34. The van der Waals surface area contributed by atoms with Crippen LogP contribution >= 0.6 is 11.6 Å². The SMILES string of the molecule is Cc1ccccc1C(=O)c1ncc(-c2ccc(Cl)cc2)[nH]1. The van der Waals surface area contributed by atoms with Gasteiger partial charge < -0.3 is 4.98 Å². The smallest absolute Gasteiger partial charge is 0.228 e. The van der Waals surface area contributed by atoms with Crippen molar-refractivity contribution in [1.82, 2.24) is 9.97 Å². The van der Waals surface area contributed by atoms with Crippen molar-refractivity contribution in [3.05, 3.63) is 76.7 Å². The molecule has 1 aromatic heterocycles. The number of carbonyl (C=O) groups excluding carboxylic acids is 1. The zero-order chi connectivity index (χ0) is 14.8. The number of aromatic amines is 1. The second kappa shape index (κ2) is 5.54. The summed E-state index contributed by atoms with van der Waals surface area (Å²) in [7, 11) is 0. The van der Waals surface area contributed by atoms with E-state index >= 15 is 0 Å². The van der Waals surface area contributed by atoms with Gasteiger partial charge in [0, 0.05) is 10.6 Å². The lowest BCUT2D eigenvalue weighted by atomic mass is 10.0. The van der Waals surface area contributed by atoms with Gasteiger partial charge in [-0.25, -0.2) is 4.98 Å². The average Bonchev–Trinajstić information content (AvgIpc) is 2.98. The number of ketones is 1. The number of hydrogen-bond acceptors (Lipinski definition) is 2. The molecule has 0 fully saturated rings. The molecule has 0 aliphatic carbocycles. The molecule has 0 unspecified atom stereocenters. The lowest BCUT2D eigenvalue weighted by Gasteiger charge is -2.02. The molecule has 1 N–H and O–H groups in total. The summed E-state index contributed by atoms with van der Waals surface area (Å²) in [4.78, 5) is 19.7. The van der Waals surface area contributed by atoms with E-state index in [2.05, 4.69) is 9.97 Å². The molecule has 0 aliphatic heterocycles. The molecule has 21 heavy (non-hydrogen) atoms. The molecule has 3 nitrogen and oxygen atoms in total. The number of hydrogen-bond donors (Lipinski definition) is 1. The van der Waals surface area contributed by atoms with E-state index in [1.54, 1.807) is 18.3 Å². The quantitative estimate of drug-likeness (QED) is 0.734. The summed E-state index contributed by atoms with van der Waals surface area (Å²) in [5, 5.41) is 0.675. The number of nitrogens with one attached hydrogen (secondary N) is 1. The van der Waals surface area contributed by atoms with E-state index in [1.807, 2.05) is 43.3 Å². The summed E-state index contributed by atoms with van der Waals surface area (Å²) >= 11 is 5.87. The van der Waals surface area contributed by atoms with Crippen molar-refractivity contribution < 1.29 is 4.79 Å². The van der Waals surface area contributed by atoms with E-state index in [0.29, 0.717) is 16.4 Å². The number of aryl methyl sites for hydroxylation is 1. The minimum Gasteiger partial charge on any atom is -0.335 e. The van der Waals surface area contributed by atoms with Gasteiger partial charge in [0.05, 0.1) is 11.9 Å². The van der Waals surface area contributed by atoms with Gasteiger partial charge in [-0.15, -0.1) is 0 Å². The molecule has 0 radical (unpaired) electrons. The van der Waals surface area contributed by atoms with Gasteiger partial charge in [-0.1, -0.05) is 48.0 Å². The molecule has 0 bridgehead atoms. The highest BCUT2D eigenvalue weighted by Crippen LogP contribution is 2.21. The van der Waals surface area contributed by atoms with Crippen LogP contribution in [0.4, 0.5) is 0 Å². The van der Waals surface area contributed by atoms with Gasteiger partial charge in [-0.3, -0.25) is 4.79 Å². The molecule has 104 valence electrons. The maximum Gasteiger partial charge on any atom is 0.228 e. The first-order valence-electron chi connectivity index (χ1n) is 6.56. The topological polar surface area (TPSA) is 45.8 Å². The fourth-order valence-corrected chi connectivity index (χ4v) is 2.29. The molecular weight excluding hydrogens is 284 g/mol. The number of rotatable bonds is 3. The molecule has 2 aromatic carbocycles.